The third-order valence-corrected chi connectivity index (χ3v) is 2.42. The second-order valence-corrected chi connectivity index (χ2v) is 4.27. The summed E-state index contributed by atoms with van der Waals surface area (Å²) in [7, 11) is 3.53. The van der Waals surface area contributed by atoms with Gasteiger partial charge in [-0.3, -0.25) is 0 Å². The first-order chi connectivity index (χ1) is 7.06. The predicted molar refractivity (Wildman–Crippen MR) is 58.5 cm³/mol. The van der Waals surface area contributed by atoms with Crippen molar-refractivity contribution in [1.29, 1.82) is 0 Å². The largest absolute Gasteiger partial charge is 0.325 e. The highest BCUT2D eigenvalue weighted by atomic mass is 16.5. The van der Waals surface area contributed by atoms with Crippen LogP contribution in [0.1, 0.15) is 0 Å². The fourth-order valence-corrected chi connectivity index (χ4v) is 1.54. The zero-order valence-electron chi connectivity index (χ0n) is 9.09. The summed E-state index contributed by atoms with van der Waals surface area (Å²) in [6, 6.07) is 8.01. The van der Waals surface area contributed by atoms with Crippen molar-refractivity contribution < 1.29 is 9.85 Å². The number of aromatic nitrogens is 2. The number of likely N-dealkylation sites (N-methyl/N-ethyl adjacent to an activating group) is 1. The van der Waals surface area contributed by atoms with E-state index in [4.69, 9.17) is 0 Å². The standard InChI is InChI=1S/C11H16N3O/c1-14(2,15)8-7-13-9-12-10-5-3-4-6-11(10)13/h3-6,9,15H,7-8H2,1-2H3/q+1. The van der Waals surface area contributed by atoms with E-state index in [0.29, 0.717) is 6.54 Å². The smallest absolute Gasteiger partial charge is 0.126 e. The van der Waals surface area contributed by atoms with Gasteiger partial charge in [0.25, 0.3) is 0 Å². The van der Waals surface area contributed by atoms with Gasteiger partial charge in [0.1, 0.15) is 6.54 Å². The fourth-order valence-electron chi connectivity index (χ4n) is 1.54. The number of rotatable bonds is 3. The monoisotopic (exact) mass is 206 g/mol. The molecule has 1 aromatic carbocycles. The van der Waals surface area contributed by atoms with Crippen LogP contribution in [0.15, 0.2) is 30.6 Å². The molecule has 0 amide bonds. The van der Waals surface area contributed by atoms with Crippen molar-refractivity contribution in [2.75, 3.05) is 20.6 Å². The summed E-state index contributed by atoms with van der Waals surface area (Å²) in [5, 5.41) is 9.59. The number of hydrogen-bond donors (Lipinski definition) is 1. The number of hydroxylamine groups is 3. The highest BCUT2D eigenvalue weighted by molar-refractivity contribution is 5.74. The van der Waals surface area contributed by atoms with Crippen molar-refractivity contribution in [3.05, 3.63) is 30.6 Å². The van der Waals surface area contributed by atoms with Crippen molar-refractivity contribution in [3.8, 4) is 0 Å². The van der Waals surface area contributed by atoms with Crippen LogP contribution in [0.5, 0.6) is 0 Å². The van der Waals surface area contributed by atoms with E-state index in [1.54, 1.807) is 14.1 Å². The Hall–Kier alpha value is -1.39. The molecule has 4 heteroatoms. The number of fused-ring (bicyclic) bond motifs is 1. The van der Waals surface area contributed by atoms with E-state index in [2.05, 4.69) is 9.55 Å². The Balaban J connectivity index is 2.22. The fraction of sp³-hybridized carbons (Fsp3) is 0.364. The maximum absolute atomic E-state index is 9.59. The molecule has 2 rings (SSSR count). The Morgan fingerprint density at radius 3 is 2.80 bits per heavy atom. The number of benzene rings is 1. The van der Waals surface area contributed by atoms with Gasteiger partial charge < -0.3 is 4.57 Å². The molecule has 1 N–H and O–H groups in total. The molecule has 2 aromatic rings. The summed E-state index contributed by atoms with van der Waals surface area (Å²) in [4.78, 5) is 4.29. The molecule has 1 heterocycles. The Labute approximate surface area is 88.9 Å². The number of imidazole rings is 1. The SMILES string of the molecule is C[N+](C)(O)CCn1cnc2ccccc21. The van der Waals surface area contributed by atoms with E-state index in [0.717, 1.165) is 17.6 Å². The van der Waals surface area contributed by atoms with Gasteiger partial charge in [0.15, 0.2) is 0 Å². The molecule has 0 radical (unpaired) electrons. The second kappa shape index (κ2) is 3.64. The molecule has 0 spiro atoms. The molecule has 0 saturated carbocycles. The molecular weight excluding hydrogens is 190 g/mol. The number of para-hydroxylation sites is 2. The van der Waals surface area contributed by atoms with E-state index in [-0.39, 0.29) is 4.65 Å². The Morgan fingerprint density at radius 1 is 1.33 bits per heavy atom. The minimum absolute atomic E-state index is 0.0213. The second-order valence-electron chi connectivity index (χ2n) is 4.27. The normalized spacial score (nSPS) is 12.2. The van der Waals surface area contributed by atoms with Crippen LogP contribution in [-0.4, -0.2) is 40.0 Å². The molecule has 15 heavy (non-hydrogen) atoms. The topological polar surface area (TPSA) is 38.0 Å². The van der Waals surface area contributed by atoms with E-state index in [1.807, 2.05) is 30.6 Å². The summed E-state index contributed by atoms with van der Waals surface area (Å²) < 4.78 is 2.04. The van der Waals surface area contributed by atoms with Gasteiger partial charge in [0.05, 0.1) is 38.0 Å². The van der Waals surface area contributed by atoms with Gasteiger partial charge >= 0.3 is 0 Å². The first-order valence-electron chi connectivity index (χ1n) is 5.02. The molecule has 0 saturated heterocycles. The minimum Gasteiger partial charge on any atom is -0.325 e. The van der Waals surface area contributed by atoms with Crippen LogP contribution < -0.4 is 0 Å². The molecule has 0 aliphatic carbocycles. The lowest BCUT2D eigenvalue weighted by Crippen LogP contribution is -2.38. The summed E-state index contributed by atoms with van der Waals surface area (Å²) in [5.41, 5.74) is 2.12. The Morgan fingerprint density at radius 2 is 2.07 bits per heavy atom. The molecule has 0 aliphatic rings. The van der Waals surface area contributed by atoms with Gasteiger partial charge in [-0.2, -0.15) is 4.65 Å². The molecule has 1 aromatic heterocycles. The number of quaternary nitrogens is 1. The van der Waals surface area contributed by atoms with Crippen LogP contribution in [0.2, 0.25) is 0 Å². The number of nitrogens with zero attached hydrogens (tertiary/aromatic N) is 3. The third-order valence-electron chi connectivity index (χ3n) is 2.42. The van der Waals surface area contributed by atoms with Crippen LogP contribution in [-0.2, 0) is 6.54 Å². The van der Waals surface area contributed by atoms with Gasteiger partial charge in [-0.1, -0.05) is 12.1 Å². The van der Waals surface area contributed by atoms with E-state index < -0.39 is 0 Å². The molecule has 4 nitrogen and oxygen atoms in total. The molecule has 0 unspecified atom stereocenters. The van der Waals surface area contributed by atoms with E-state index >= 15 is 0 Å². The van der Waals surface area contributed by atoms with Crippen molar-refractivity contribution in [1.82, 2.24) is 9.55 Å². The maximum atomic E-state index is 9.59. The summed E-state index contributed by atoms with van der Waals surface area (Å²) >= 11 is 0. The van der Waals surface area contributed by atoms with Crippen molar-refractivity contribution in [2.45, 2.75) is 6.54 Å². The third kappa shape index (κ3) is 2.34. The average Bonchev–Trinajstić information content (AvgIpc) is 2.57. The molecular formula is C11H16N3O+. The number of hydrogen-bond acceptors (Lipinski definition) is 2. The van der Waals surface area contributed by atoms with Gasteiger partial charge in [0.2, 0.25) is 0 Å². The van der Waals surface area contributed by atoms with E-state index in [1.165, 1.54) is 0 Å². The van der Waals surface area contributed by atoms with Gasteiger partial charge in [0, 0.05) is 0 Å². The van der Waals surface area contributed by atoms with Crippen LogP contribution in [0, 0.1) is 0 Å². The van der Waals surface area contributed by atoms with Crippen molar-refractivity contribution >= 4 is 11.0 Å². The van der Waals surface area contributed by atoms with Gasteiger partial charge in [-0.05, 0) is 12.1 Å². The lowest BCUT2D eigenvalue weighted by atomic mass is 10.3. The minimum atomic E-state index is -0.0213. The van der Waals surface area contributed by atoms with Crippen LogP contribution in [0.25, 0.3) is 11.0 Å². The molecule has 0 bridgehead atoms. The highest BCUT2D eigenvalue weighted by Gasteiger charge is 2.11. The van der Waals surface area contributed by atoms with E-state index in [9.17, 15) is 5.21 Å². The average molecular weight is 206 g/mol. The summed E-state index contributed by atoms with van der Waals surface area (Å²) in [6.07, 6.45) is 1.82. The first kappa shape index (κ1) is 10.1. The first-order valence-corrected chi connectivity index (χ1v) is 5.02. The molecule has 80 valence electrons. The van der Waals surface area contributed by atoms with Crippen molar-refractivity contribution in [3.63, 3.8) is 0 Å². The lowest BCUT2D eigenvalue weighted by molar-refractivity contribution is -1.07. The maximum Gasteiger partial charge on any atom is 0.126 e. The van der Waals surface area contributed by atoms with Crippen LogP contribution in [0.4, 0.5) is 0 Å². The van der Waals surface area contributed by atoms with Crippen LogP contribution in [0.3, 0.4) is 0 Å². The van der Waals surface area contributed by atoms with Crippen LogP contribution >= 0.6 is 0 Å². The predicted octanol–water partition coefficient (Wildman–Crippen LogP) is 1.50. The lowest BCUT2D eigenvalue weighted by Gasteiger charge is -2.19. The van der Waals surface area contributed by atoms with Gasteiger partial charge in [-0.15, -0.1) is 0 Å². The zero-order chi connectivity index (χ0) is 10.9. The molecule has 0 aliphatic heterocycles. The van der Waals surface area contributed by atoms with Crippen molar-refractivity contribution in [2.24, 2.45) is 0 Å². The summed E-state index contributed by atoms with van der Waals surface area (Å²) in [5.74, 6) is 0. The summed E-state index contributed by atoms with van der Waals surface area (Å²) in [6.45, 7) is 1.43. The molecule has 0 fully saturated rings. The van der Waals surface area contributed by atoms with Gasteiger partial charge in [-0.25, -0.2) is 10.2 Å². The highest BCUT2D eigenvalue weighted by Crippen LogP contribution is 2.11. The molecule has 0 atom stereocenters. The Kier molecular flexibility index (Phi) is 2.46. The quantitative estimate of drug-likeness (QED) is 0.610. The Bertz CT molecular complexity index is 456. The zero-order valence-corrected chi connectivity index (χ0v) is 9.09.